The summed E-state index contributed by atoms with van der Waals surface area (Å²) in [4.78, 5) is 2.66. The fraction of sp³-hybridized carbons (Fsp3) is 0.875. The van der Waals surface area contributed by atoms with E-state index in [1.54, 1.807) is 0 Å². The average molecular weight is 253 g/mol. The van der Waals surface area contributed by atoms with Gasteiger partial charge in [-0.2, -0.15) is 0 Å². The summed E-state index contributed by atoms with van der Waals surface area (Å²) in [5.74, 6) is 0. The van der Waals surface area contributed by atoms with Crippen LogP contribution in [0, 0.1) is 0 Å². The number of rotatable bonds is 5. The maximum absolute atomic E-state index is 5.91. The van der Waals surface area contributed by atoms with Crippen LogP contribution in [0.5, 0.6) is 0 Å². The molecule has 0 aromatic rings. The van der Waals surface area contributed by atoms with Crippen molar-refractivity contribution in [3.8, 4) is 0 Å². The van der Waals surface area contributed by atoms with E-state index in [0.717, 1.165) is 19.3 Å². The van der Waals surface area contributed by atoms with Gasteiger partial charge >= 0.3 is 0 Å². The van der Waals surface area contributed by atoms with Gasteiger partial charge in [-0.3, -0.25) is 4.90 Å². The molecule has 106 valence electrons. The molecule has 0 saturated carbocycles. The zero-order chi connectivity index (χ0) is 13.8. The third-order valence-electron chi connectivity index (χ3n) is 3.97. The monoisotopic (exact) mass is 253 g/mol. The highest BCUT2D eigenvalue weighted by atomic mass is 16.5. The number of likely N-dealkylation sites (tertiary alicyclic amines) is 1. The van der Waals surface area contributed by atoms with Crippen molar-refractivity contribution >= 4 is 0 Å². The second-order valence-electron chi connectivity index (χ2n) is 6.72. The topological polar surface area (TPSA) is 12.5 Å². The number of ether oxygens (including phenoxy) is 1. The van der Waals surface area contributed by atoms with E-state index in [-0.39, 0.29) is 11.1 Å². The Hall–Kier alpha value is -0.500. The maximum Gasteiger partial charge on any atom is 0.101 e. The average Bonchev–Trinajstić information content (AvgIpc) is 2.23. The lowest BCUT2D eigenvalue weighted by molar-refractivity contribution is -0.0838. The van der Waals surface area contributed by atoms with E-state index < -0.39 is 0 Å². The van der Waals surface area contributed by atoms with Crippen LogP contribution in [0.25, 0.3) is 0 Å². The van der Waals surface area contributed by atoms with Crippen LogP contribution in [0.15, 0.2) is 12.3 Å². The highest BCUT2D eigenvalue weighted by Crippen LogP contribution is 2.39. The van der Waals surface area contributed by atoms with Crippen molar-refractivity contribution in [3.05, 3.63) is 12.3 Å². The number of nitrogens with zero attached hydrogens (tertiary/aromatic N) is 1. The minimum absolute atomic E-state index is 0.225. The molecule has 0 bridgehead atoms. The highest BCUT2D eigenvalue weighted by Gasteiger charge is 2.45. The van der Waals surface area contributed by atoms with Gasteiger partial charge in [0.2, 0.25) is 0 Å². The van der Waals surface area contributed by atoms with Crippen LogP contribution in [0.4, 0.5) is 0 Å². The standard InChI is InChI=1S/C16H31NO/c1-7-9-11-18-14-12-15(3,4)17(10-8-2)16(5,6)13-14/h9,11,14H,7-8,10,12-13H2,1-6H3. The smallest absolute Gasteiger partial charge is 0.101 e. The summed E-state index contributed by atoms with van der Waals surface area (Å²) in [6.07, 6.45) is 8.83. The molecule has 1 aliphatic rings. The van der Waals surface area contributed by atoms with E-state index in [9.17, 15) is 0 Å². The van der Waals surface area contributed by atoms with E-state index in [0.29, 0.717) is 6.10 Å². The van der Waals surface area contributed by atoms with Crippen LogP contribution < -0.4 is 0 Å². The van der Waals surface area contributed by atoms with Crippen LogP contribution in [0.2, 0.25) is 0 Å². The molecule has 1 fully saturated rings. The number of hydrogen-bond donors (Lipinski definition) is 0. The molecule has 0 aliphatic carbocycles. The van der Waals surface area contributed by atoms with Crippen LogP contribution in [0.3, 0.4) is 0 Å². The SMILES string of the molecule is CCC=COC1CC(C)(C)N(CCC)C(C)(C)C1. The van der Waals surface area contributed by atoms with E-state index in [1.807, 2.05) is 6.26 Å². The van der Waals surface area contributed by atoms with Crippen LogP contribution in [-0.4, -0.2) is 28.6 Å². The fourth-order valence-electron chi connectivity index (χ4n) is 3.41. The van der Waals surface area contributed by atoms with E-state index in [4.69, 9.17) is 4.74 Å². The van der Waals surface area contributed by atoms with Gasteiger partial charge in [-0.15, -0.1) is 0 Å². The van der Waals surface area contributed by atoms with Gasteiger partial charge in [0.25, 0.3) is 0 Å². The minimum Gasteiger partial charge on any atom is -0.498 e. The summed E-state index contributed by atoms with van der Waals surface area (Å²) < 4.78 is 5.91. The first-order valence-corrected chi connectivity index (χ1v) is 7.41. The summed E-state index contributed by atoms with van der Waals surface area (Å²) in [5.41, 5.74) is 0.449. The third-order valence-corrected chi connectivity index (χ3v) is 3.97. The van der Waals surface area contributed by atoms with E-state index in [1.165, 1.54) is 13.0 Å². The Bertz CT molecular complexity index is 263. The molecule has 1 aliphatic heterocycles. The van der Waals surface area contributed by atoms with Gasteiger partial charge in [0.15, 0.2) is 0 Å². The lowest BCUT2D eigenvalue weighted by Gasteiger charge is -2.55. The Labute approximate surface area is 113 Å². The van der Waals surface area contributed by atoms with Gasteiger partial charge in [0, 0.05) is 23.9 Å². The Morgan fingerprint density at radius 1 is 1.11 bits per heavy atom. The molecule has 0 unspecified atom stereocenters. The zero-order valence-corrected chi connectivity index (χ0v) is 13.1. The Kier molecular flexibility index (Phi) is 5.27. The van der Waals surface area contributed by atoms with E-state index in [2.05, 4.69) is 52.5 Å². The first-order chi connectivity index (χ1) is 8.33. The number of allylic oxidation sites excluding steroid dienone is 1. The molecule has 1 rings (SSSR count). The normalized spacial score (nSPS) is 24.6. The molecule has 0 aromatic carbocycles. The Morgan fingerprint density at radius 3 is 2.11 bits per heavy atom. The molecular formula is C16H31NO. The molecule has 0 aromatic heterocycles. The quantitative estimate of drug-likeness (QED) is 0.675. The van der Waals surface area contributed by atoms with Crippen molar-refractivity contribution in [1.82, 2.24) is 4.90 Å². The lowest BCUT2D eigenvalue weighted by atomic mass is 9.78. The molecular weight excluding hydrogens is 222 g/mol. The third kappa shape index (κ3) is 3.74. The fourth-order valence-corrected chi connectivity index (χ4v) is 3.41. The summed E-state index contributed by atoms with van der Waals surface area (Å²) in [6.45, 7) is 15.0. The predicted octanol–water partition coefficient (Wildman–Crippen LogP) is 4.36. The highest BCUT2D eigenvalue weighted by molar-refractivity contribution is 5.00. The Balaban J connectivity index is 2.74. The van der Waals surface area contributed by atoms with Crippen molar-refractivity contribution in [1.29, 1.82) is 0 Å². The number of piperidine rings is 1. The molecule has 0 N–H and O–H groups in total. The van der Waals surface area contributed by atoms with Crippen molar-refractivity contribution < 1.29 is 4.74 Å². The molecule has 0 amide bonds. The summed E-state index contributed by atoms with van der Waals surface area (Å²) >= 11 is 0. The van der Waals surface area contributed by atoms with Crippen LogP contribution >= 0.6 is 0 Å². The largest absolute Gasteiger partial charge is 0.498 e. The first kappa shape index (κ1) is 15.6. The second kappa shape index (κ2) is 6.10. The molecule has 0 spiro atoms. The summed E-state index contributed by atoms with van der Waals surface area (Å²) in [5, 5.41) is 0. The van der Waals surface area contributed by atoms with Gasteiger partial charge in [0.05, 0.1) is 6.26 Å². The van der Waals surface area contributed by atoms with Crippen LogP contribution in [0.1, 0.15) is 67.2 Å². The molecule has 0 atom stereocenters. The maximum atomic E-state index is 5.91. The van der Waals surface area contributed by atoms with Gasteiger partial charge in [-0.25, -0.2) is 0 Å². The first-order valence-electron chi connectivity index (χ1n) is 7.41. The molecule has 18 heavy (non-hydrogen) atoms. The predicted molar refractivity (Wildman–Crippen MR) is 78.7 cm³/mol. The van der Waals surface area contributed by atoms with Crippen LogP contribution in [-0.2, 0) is 4.74 Å². The van der Waals surface area contributed by atoms with Gasteiger partial charge < -0.3 is 4.74 Å². The zero-order valence-electron chi connectivity index (χ0n) is 13.1. The van der Waals surface area contributed by atoms with Crippen molar-refractivity contribution in [2.75, 3.05) is 6.54 Å². The lowest BCUT2D eigenvalue weighted by Crippen LogP contribution is -2.62. The minimum atomic E-state index is 0.225. The summed E-state index contributed by atoms with van der Waals surface area (Å²) in [7, 11) is 0. The molecule has 0 radical (unpaired) electrons. The number of hydrogen-bond acceptors (Lipinski definition) is 2. The Morgan fingerprint density at radius 2 is 1.67 bits per heavy atom. The summed E-state index contributed by atoms with van der Waals surface area (Å²) in [6, 6.07) is 0. The van der Waals surface area contributed by atoms with Gasteiger partial charge in [0.1, 0.15) is 6.10 Å². The molecule has 2 nitrogen and oxygen atoms in total. The van der Waals surface area contributed by atoms with Crippen molar-refractivity contribution in [2.24, 2.45) is 0 Å². The molecule has 2 heteroatoms. The van der Waals surface area contributed by atoms with Gasteiger partial charge in [-0.1, -0.05) is 19.9 Å². The molecule has 1 saturated heterocycles. The van der Waals surface area contributed by atoms with Gasteiger partial charge in [-0.05, 0) is 47.1 Å². The second-order valence-corrected chi connectivity index (χ2v) is 6.72. The van der Waals surface area contributed by atoms with E-state index >= 15 is 0 Å². The molecule has 1 heterocycles. The van der Waals surface area contributed by atoms with Crippen molar-refractivity contribution in [2.45, 2.75) is 84.4 Å². The van der Waals surface area contributed by atoms with Crippen molar-refractivity contribution in [3.63, 3.8) is 0 Å².